The van der Waals surface area contributed by atoms with Crippen LogP contribution >= 0.6 is 11.6 Å². The number of rotatable bonds is 8. The van der Waals surface area contributed by atoms with Gasteiger partial charge in [-0.3, -0.25) is 0 Å². The zero-order valence-corrected chi connectivity index (χ0v) is 16.6. The van der Waals surface area contributed by atoms with Crippen LogP contribution in [0.5, 0.6) is 5.75 Å². The summed E-state index contributed by atoms with van der Waals surface area (Å²) in [5.41, 5.74) is 3.84. The van der Waals surface area contributed by atoms with E-state index < -0.39 is 0 Å². The van der Waals surface area contributed by atoms with E-state index >= 15 is 0 Å². The smallest absolute Gasteiger partial charge is 0.137 e. The Hall–Kier alpha value is -1.47. The Morgan fingerprint density at radius 3 is 2.35 bits per heavy atom. The first-order chi connectivity index (χ1) is 12.8. The summed E-state index contributed by atoms with van der Waals surface area (Å²) in [5, 5.41) is 0.699. The minimum absolute atomic E-state index is 0.699. The molecule has 1 aliphatic rings. The van der Waals surface area contributed by atoms with Crippen LogP contribution in [0.2, 0.25) is 5.02 Å². The molecule has 0 aromatic heterocycles. The molecule has 26 heavy (non-hydrogen) atoms. The van der Waals surface area contributed by atoms with Gasteiger partial charge in [0.15, 0.2) is 0 Å². The maximum absolute atomic E-state index is 6.44. The Morgan fingerprint density at radius 2 is 1.65 bits per heavy atom. The highest BCUT2D eigenvalue weighted by Crippen LogP contribution is 2.34. The second-order valence-corrected chi connectivity index (χ2v) is 7.72. The van der Waals surface area contributed by atoms with E-state index in [1.54, 1.807) is 0 Å². The fraction of sp³-hybridized carbons (Fsp3) is 0.458. The van der Waals surface area contributed by atoms with Crippen LogP contribution in [0.4, 0.5) is 0 Å². The van der Waals surface area contributed by atoms with E-state index in [1.165, 1.54) is 56.1 Å². The summed E-state index contributed by atoms with van der Waals surface area (Å²) in [6.07, 6.45) is 12.3. The van der Waals surface area contributed by atoms with Crippen molar-refractivity contribution in [1.82, 2.24) is 0 Å². The minimum Gasteiger partial charge on any atom is -0.492 e. The van der Waals surface area contributed by atoms with Crippen molar-refractivity contribution in [2.45, 2.75) is 64.2 Å². The van der Waals surface area contributed by atoms with Crippen molar-refractivity contribution in [2.24, 2.45) is 0 Å². The van der Waals surface area contributed by atoms with Crippen molar-refractivity contribution >= 4 is 11.6 Å². The first kappa shape index (κ1) is 19.3. The van der Waals surface area contributed by atoms with Gasteiger partial charge in [0.05, 0.1) is 11.6 Å². The van der Waals surface area contributed by atoms with Gasteiger partial charge in [-0.25, -0.2) is 0 Å². The van der Waals surface area contributed by atoms with Crippen LogP contribution in [0.25, 0.3) is 11.1 Å². The van der Waals surface area contributed by atoms with E-state index in [0.29, 0.717) is 5.02 Å². The van der Waals surface area contributed by atoms with Gasteiger partial charge in [0.25, 0.3) is 0 Å². The molecule has 0 N–H and O–H groups in total. The third kappa shape index (κ3) is 5.27. The molecular formula is C24H30ClO. The zero-order chi connectivity index (χ0) is 18.2. The number of halogens is 1. The van der Waals surface area contributed by atoms with Crippen molar-refractivity contribution in [3.05, 3.63) is 59.5 Å². The average molecular weight is 370 g/mol. The summed E-state index contributed by atoms with van der Waals surface area (Å²) in [7, 11) is 0. The largest absolute Gasteiger partial charge is 0.492 e. The molecule has 0 amide bonds. The van der Waals surface area contributed by atoms with Gasteiger partial charge in [-0.05, 0) is 73.3 Å². The third-order valence-electron chi connectivity index (χ3n) is 5.34. The van der Waals surface area contributed by atoms with Crippen LogP contribution in [0.15, 0.2) is 42.5 Å². The quantitative estimate of drug-likeness (QED) is 0.431. The Morgan fingerprint density at radius 1 is 0.923 bits per heavy atom. The van der Waals surface area contributed by atoms with E-state index in [0.717, 1.165) is 30.3 Å². The Balaban J connectivity index is 1.61. The van der Waals surface area contributed by atoms with Gasteiger partial charge in [-0.1, -0.05) is 68.1 Å². The maximum Gasteiger partial charge on any atom is 0.137 e. The predicted octanol–water partition coefficient (Wildman–Crippen LogP) is 7.83. The van der Waals surface area contributed by atoms with Crippen LogP contribution in [0.1, 0.15) is 69.8 Å². The molecule has 0 bridgehead atoms. The van der Waals surface area contributed by atoms with Crippen LogP contribution in [-0.4, -0.2) is 6.61 Å². The molecule has 0 saturated heterocycles. The second kappa shape index (κ2) is 10.0. The highest BCUT2D eigenvalue weighted by atomic mass is 35.5. The Kier molecular flexibility index (Phi) is 7.43. The zero-order valence-electron chi connectivity index (χ0n) is 15.8. The number of benzene rings is 2. The van der Waals surface area contributed by atoms with Crippen molar-refractivity contribution in [3.63, 3.8) is 0 Å². The lowest BCUT2D eigenvalue weighted by atomic mass is 9.84. The van der Waals surface area contributed by atoms with Crippen LogP contribution in [0, 0.1) is 6.42 Å². The van der Waals surface area contributed by atoms with E-state index in [2.05, 4.69) is 43.7 Å². The molecule has 0 heterocycles. The first-order valence-corrected chi connectivity index (χ1v) is 10.5. The van der Waals surface area contributed by atoms with Gasteiger partial charge in [0.2, 0.25) is 0 Å². The SMILES string of the molecule is CCCCCCOc1ccc(-c2ccc(C3CC[CH]CC3)cc2)cc1Cl. The normalized spacial score (nSPS) is 15.2. The highest BCUT2D eigenvalue weighted by Gasteiger charge is 2.15. The minimum atomic E-state index is 0.699. The van der Waals surface area contributed by atoms with E-state index in [9.17, 15) is 0 Å². The van der Waals surface area contributed by atoms with E-state index in [1.807, 2.05) is 12.1 Å². The third-order valence-corrected chi connectivity index (χ3v) is 5.64. The fourth-order valence-electron chi connectivity index (χ4n) is 3.72. The number of unbranched alkanes of at least 4 members (excludes halogenated alkanes) is 3. The van der Waals surface area contributed by atoms with Gasteiger partial charge in [0.1, 0.15) is 5.75 Å². The molecule has 1 fully saturated rings. The molecule has 2 aromatic rings. The summed E-state index contributed by atoms with van der Waals surface area (Å²) < 4.78 is 5.84. The van der Waals surface area contributed by atoms with Crippen LogP contribution in [-0.2, 0) is 0 Å². The molecule has 139 valence electrons. The molecule has 1 saturated carbocycles. The molecule has 0 atom stereocenters. The van der Waals surface area contributed by atoms with Gasteiger partial charge >= 0.3 is 0 Å². The summed E-state index contributed by atoms with van der Waals surface area (Å²) in [6, 6.07) is 15.2. The number of hydrogen-bond acceptors (Lipinski definition) is 1. The molecule has 1 nitrogen and oxygen atoms in total. The van der Waals surface area contributed by atoms with Crippen LogP contribution < -0.4 is 4.74 Å². The summed E-state index contributed by atoms with van der Waals surface area (Å²) >= 11 is 6.44. The first-order valence-electron chi connectivity index (χ1n) is 10.1. The summed E-state index contributed by atoms with van der Waals surface area (Å²) in [5.74, 6) is 1.52. The Bertz CT molecular complexity index is 671. The molecule has 0 spiro atoms. The number of hydrogen-bond donors (Lipinski definition) is 0. The lowest BCUT2D eigenvalue weighted by Crippen LogP contribution is -2.04. The topological polar surface area (TPSA) is 9.23 Å². The van der Waals surface area contributed by atoms with Gasteiger partial charge < -0.3 is 4.74 Å². The molecule has 0 unspecified atom stereocenters. The lowest BCUT2D eigenvalue weighted by molar-refractivity contribution is 0.305. The molecule has 3 rings (SSSR count). The fourth-order valence-corrected chi connectivity index (χ4v) is 3.95. The molecule has 2 aromatic carbocycles. The van der Waals surface area contributed by atoms with Crippen molar-refractivity contribution < 1.29 is 4.74 Å². The van der Waals surface area contributed by atoms with Crippen molar-refractivity contribution in [2.75, 3.05) is 6.61 Å². The molecular weight excluding hydrogens is 340 g/mol. The van der Waals surface area contributed by atoms with Crippen molar-refractivity contribution in [3.8, 4) is 16.9 Å². The predicted molar refractivity (Wildman–Crippen MR) is 112 cm³/mol. The number of ether oxygens (including phenoxy) is 1. The van der Waals surface area contributed by atoms with E-state index in [4.69, 9.17) is 16.3 Å². The monoisotopic (exact) mass is 369 g/mol. The van der Waals surface area contributed by atoms with Gasteiger partial charge in [-0.15, -0.1) is 0 Å². The standard InChI is InChI=1S/C24H30ClO/c1-2-3-4-8-17-26-24-16-15-22(18-23(24)25)21-13-11-20(12-14-21)19-9-6-5-7-10-19/h5,11-16,18-19H,2-4,6-10,17H2,1H3. The lowest BCUT2D eigenvalue weighted by Gasteiger charge is -2.22. The van der Waals surface area contributed by atoms with Gasteiger partial charge in [-0.2, -0.15) is 0 Å². The molecule has 1 radical (unpaired) electrons. The maximum atomic E-state index is 6.44. The summed E-state index contributed by atoms with van der Waals surface area (Å²) in [6.45, 7) is 2.96. The van der Waals surface area contributed by atoms with Crippen LogP contribution in [0.3, 0.4) is 0 Å². The Labute approximate surface area is 163 Å². The van der Waals surface area contributed by atoms with E-state index in [-0.39, 0.29) is 0 Å². The second-order valence-electron chi connectivity index (χ2n) is 7.32. The van der Waals surface area contributed by atoms with Gasteiger partial charge in [0, 0.05) is 0 Å². The van der Waals surface area contributed by atoms with Crippen molar-refractivity contribution in [1.29, 1.82) is 0 Å². The average Bonchev–Trinajstić information content (AvgIpc) is 2.70. The summed E-state index contributed by atoms with van der Waals surface area (Å²) in [4.78, 5) is 0. The molecule has 1 aliphatic carbocycles. The molecule has 2 heteroatoms. The highest BCUT2D eigenvalue weighted by molar-refractivity contribution is 6.32. The molecule has 0 aliphatic heterocycles.